The maximum absolute atomic E-state index is 12.3. The van der Waals surface area contributed by atoms with Crippen LogP contribution in [0.3, 0.4) is 0 Å². The van der Waals surface area contributed by atoms with Crippen molar-refractivity contribution in [1.82, 2.24) is 10.3 Å². The number of hydrogen-bond acceptors (Lipinski definition) is 5. The summed E-state index contributed by atoms with van der Waals surface area (Å²) in [6, 6.07) is 3.82. The Bertz CT molecular complexity index is 472. The molecule has 6 heteroatoms. The van der Waals surface area contributed by atoms with Crippen molar-refractivity contribution in [1.29, 1.82) is 0 Å². The molecule has 0 bridgehead atoms. The van der Waals surface area contributed by atoms with Crippen LogP contribution >= 0.6 is 11.8 Å². The number of carbonyl (C=O) groups is 1. The second kappa shape index (κ2) is 6.95. The van der Waals surface area contributed by atoms with Gasteiger partial charge >= 0.3 is 0 Å². The summed E-state index contributed by atoms with van der Waals surface area (Å²) < 4.78 is 0. The van der Waals surface area contributed by atoms with Crippen molar-refractivity contribution in [2.24, 2.45) is 5.84 Å². The van der Waals surface area contributed by atoms with Crippen LogP contribution in [0.4, 0.5) is 5.82 Å². The van der Waals surface area contributed by atoms with Crippen molar-refractivity contribution >= 4 is 23.5 Å². The summed E-state index contributed by atoms with van der Waals surface area (Å²) in [7, 11) is 0. The van der Waals surface area contributed by atoms with E-state index in [9.17, 15) is 4.79 Å². The summed E-state index contributed by atoms with van der Waals surface area (Å²) in [6.45, 7) is 4.09. The highest BCUT2D eigenvalue weighted by Crippen LogP contribution is 2.19. The van der Waals surface area contributed by atoms with Crippen LogP contribution in [-0.2, 0) is 0 Å². The minimum atomic E-state index is -0.0392. The van der Waals surface area contributed by atoms with Crippen molar-refractivity contribution in [3.63, 3.8) is 0 Å². The van der Waals surface area contributed by atoms with Gasteiger partial charge in [0.25, 0.3) is 5.91 Å². The smallest absolute Gasteiger partial charge is 0.251 e. The summed E-state index contributed by atoms with van der Waals surface area (Å²) in [5, 5.41) is 3.10. The van der Waals surface area contributed by atoms with E-state index in [-0.39, 0.29) is 17.9 Å². The van der Waals surface area contributed by atoms with Crippen molar-refractivity contribution in [2.45, 2.75) is 38.6 Å². The van der Waals surface area contributed by atoms with E-state index in [2.05, 4.69) is 15.7 Å². The Morgan fingerprint density at radius 1 is 1.40 bits per heavy atom. The zero-order valence-corrected chi connectivity index (χ0v) is 12.8. The number of nitrogens with one attached hydrogen (secondary N) is 2. The highest BCUT2D eigenvalue weighted by molar-refractivity contribution is 7.99. The summed E-state index contributed by atoms with van der Waals surface area (Å²) in [4.78, 5) is 16.7. The van der Waals surface area contributed by atoms with Gasteiger partial charge in [-0.05, 0) is 42.4 Å². The molecule has 0 aliphatic carbocycles. The number of hydrogen-bond donors (Lipinski definition) is 3. The molecule has 2 heterocycles. The maximum Gasteiger partial charge on any atom is 0.251 e. The molecule has 0 radical (unpaired) electrons. The zero-order valence-electron chi connectivity index (χ0n) is 12.0. The first kappa shape index (κ1) is 15.1. The van der Waals surface area contributed by atoms with Gasteiger partial charge in [-0.25, -0.2) is 10.8 Å². The first-order valence-electron chi connectivity index (χ1n) is 6.97. The minimum Gasteiger partial charge on any atom is -0.349 e. The number of hydrazine groups is 1. The fraction of sp³-hybridized carbons (Fsp3) is 0.571. The van der Waals surface area contributed by atoms with E-state index in [0.717, 1.165) is 30.0 Å². The molecule has 1 aliphatic rings. The summed E-state index contributed by atoms with van der Waals surface area (Å²) in [6.07, 6.45) is 2.08. The number of amides is 1. The van der Waals surface area contributed by atoms with Crippen LogP contribution in [0.1, 0.15) is 48.7 Å². The number of nitrogen functional groups attached to an aromatic ring is 1. The number of nitrogens with zero attached hydrogens (tertiary/aromatic N) is 1. The lowest BCUT2D eigenvalue weighted by atomic mass is 10.1. The lowest BCUT2D eigenvalue weighted by Gasteiger charge is -2.22. The number of aromatic nitrogens is 1. The van der Waals surface area contributed by atoms with Gasteiger partial charge in [0.05, 0.1) is 0 Å². The Hall–Kier alpha value is -1.27. The molecular formula is C14H22N4OS. The number of pyridine rings is 1. The van der Waals surface area contributed by atoms with Gasteiger partial charge in [-0.1, -0.05) is 13.8 Å². The van der Waals surface area contributed by atoms with Crippen LogP contribution < -0.4 is 16.6 Å². The molecule has 0 aromatic carbocycles. The van der Waals surface area contributed by atoms with Crippen LogP contribution in [0.2, 0.25) is 0 Å². The third-order valence-electron chi connectivity index (χ3n) is 3.40. The Morgan fingerprint density at radius 2 is 2.10 bits per heavy atom. The molecular weight excluding hydrogens is 272 g/mol. The van der Waals surface area contributed by atoms with E-state index in [1.807, 2.05) is 31.7 Å². The number of nitrogens with two attached hydrogens (primary N) is 1. The summed E-state index contributed by atoms with van der Waals surface area (Å²) >= 11 is 1.95. The Balaban J connectivity index is 2.13. The van der Waals surface area contributed by atoms with Gasteiger partial charge in [-0.3, -0.25) is 4.79 Å². The number of carbonyl (C=O) groups excluding carboxylic acids is 1. The molecule has 20 heavy (non-hydrogen) atoms. The predicted molar refractivity (Wildman–Crippen MR) is 83.9 cm³/mol. The Kier molecular flexibility index (Phi) is 5.25. The molecule has 2 rings (SSSR count). The molecule has 1 aromatic rings. The first-order valence-corrected chi connectivity index (χ1v) is 8.13. The Labute approximate surface area is 124 Å². The topological polar surface area (TPSA) is 80.0 Å². The number of thioether (sulfide) groups is 1. The van der Waals surface area contributed by atoms with Gasteiger partial charge in [0.2, 0.25) is 0 Å². The zero-order chi connectivity index (χ0) is 14.5. The molecule has 1 amide bonds. The number of rotatable bonds is 4. The summed E-state index contributed by atoms with van der Waals surface area (Å²) in [5.74, 6) is 8.40. The SMILES string of the molecule is CC(C)c1cc(C(=O)NC2CCSCC2)cc(NN)n1. The number of anilines is 1. The predicted octanol–water partition coefficient (Wildman–Crippen LogP) is 2.12. The van der Waals surface area contributed by atoms with Gasteiger partial charge < -0.3 is 10.7 Å². The monoisotopic (exact) mass is 294 g/mol. The van der Waals surface area contributed by atoms with Crippen LogP contribution in [0, 0.1) is 0 Å². The largest absolute Gasteiger partial charge is 0.349 e. The quantitative estimate of drug-likeness (QED) is 0.585. The fourth-order valence-corrected chi connectivity index (χ4v) is 3.27. The second-order valence-electron chi connectivity index (χ2n) is 5.33. The molecule has 4 N–H and O–H groups in total. The molecule has 0 spiro atoms. The lowest BCUT2D eigenvalue weighted by Crippen LogP contribution is -2.37. The molecule has 0 atom stereocenters. The van der Waals surface area contributed by atoms with E-state index in [1.54, 1.807) is 6.07 Å². The average molecular weight is 294 g/mol. The van der Waals surface area contributed by atoms with Gasteiger partial charge in [-0.2, -0.15) is 11.8 Å². The minimum absolute atomic E-state index is 0.0392. The molecule has 5 nitrogen and oxygen atoms in total. The van der Waals surface area contributed by atoms with Crippen molar-refractivity contribution < 1.29 is 4.79 Å². The molecule has 1 fully saturated rings. The second-order valence-corrected chi connectivity index (χ2v) is 6.55. The fourth-order valence-electron chi connectivity index (χ4n) is 2.16. The van der Waals surface area contributed by atoms with E-state index >= 15 is 0 Å². The van der Waals surface area contributed by atoms with Gasteiger partial charge in [0.1, 0.15) is 5.82 Å². The first-order chi connectivity index (χ1) is 9.60. The van der Waals surface area contributed by atoms with Gasteiger partial charge in [-0.15, -0.1) is 0 Å². The van der Waals surface area contributed by atoms with E-state index in [4.69, 9.17) is 5.84 Å². The summed E-state index contributed by atoms with van der Waals surface area (Å²) in [5.41, 5.74) is 4.01. The van der Waals surface area contributed by atoms with E-state index in [0.29, 0.717) is 11.4 Å². The van der Waals surface area contributed by atoms with Crippen molar-refractivity contribution in [3.05, 3.63) is 23.4 Å². The van der Waals surface area contributed by atoms with Gasteiger partial charge in [0.15, 0.2) is 0 Å². The van der Waals surface area contributed by atoms with Gasteiger partial charge in [0, 0.05) is 17.3 Å². The van der Waals surface area contributed by atoms with Crippen LogP contribution in [0.25, 0.3) is 0 Å². The van der Waals surface area contributed by atoms with Crippen LogP contribution in [-0.4, -0.2) is 28.4 Å². The standard InChI is InChI=1S/C14H22N4OS/c1-9(2)12-7-10(8-13(17-12)18-15)14(19)16-11-3-5-20-6-4-11/h7-9,11H,3-6,15H2,1-2H3,(H,16,19)(H,17,18). The highest BCUT2D eigenvalue weighted by Gasteiger charge is 2.18. The molecule has 1 aliphatic heterocycles. The third-order valence-corrected chi connectivity index (χ3v) is 4.45. The van der Waals surface area contributed by atoms with E-state index in [1.165, 1.54) is 0 Å². The molecule has 0 saturated carbocycles. The lowest BCUT2D eigenvalue weighted by molar-refractivity contribution is 0.0934. The molecule has 110 valence electrons. The average Bonchev–Trinajstić information content (AvgIpc) is 2.47. The van der Waals surface area contributed by atoms with E-state index < -0.39 is 0 Å². The molecule has 0 unspecified atom stereocenters. The van der Waals surface area contributed by atoms with Crippen molar-refractivity contribution in [2.75, 3.05) is 16.9 Å². The Morgan fingerprint density at radius 3 is 2.70 bits per heavy atom. The highest BCUT2D eigenvalue weighted by atomic mass is 32.2. The van der Waals surface area contributed by atoms with Crippen LogP contribution in [0.5, 0.6) is 0 Å². The van der Waals surface area contributed by atoms with Crippen molar-refractivity contribution in [3.8, 4) is 0 Å². The molecule has 1 aromatic heterocycles. The normalized spacial score (nSPS) is 16.2. The third kappa shape index (κ3) is 3.86. The maximum atomic E-state index is 12.3. The van der Waals surface area contributed by atoms with Crippen LogP contribution in [0.15, 0.2) is 12.1 Å². The molecule has 1 saturated heterocycles.